The van der Waals surface area contributed by atoms with Gasteiger partial charge in [0.2, 0.25) is 0 Å². The summed E-state index contributed by atoms with van der Waals surface area (Å²) in [4.78, 5) is 4.54. The van der Waals surface area contributed by atoms with Gasteiger partial charge in [-0.25, -0.2) is 4.98 Å². The number of hydrogen-bond acceptors (Lipinski definition) is 4. The van der Waals surface area contributed by atoms with E-state index in [2.05, 4.69) is 20.9 Å². The fourth-order valence-electron chi connectivity index (χ4n) is 3.17. The van der Waals surface area contributed by atoms with Gasteiger partial charge in [0.15, 0.2) is 0 Å². The predicted molar refractivity (Wildman–Crippen MR) is 87.5 cm³/mol. The van der Waals surface area contributed by atoms with E-state index in [4.69, 9.17) is 10.00 Å². The van der Waals surface area contributed by atoms with Crippen molar-refractivity contribution in [3.8, 4) is 6.07 Å². The molecule has 0 aliphatic carbocycles. The van der Waals surface area contributed by atoms with E-state index in [9.17, 15) is 0 Å². The minimum absolute atomic E-state index is 0.199. The fourth-order valence-corrected chi connectivity index (χ4v) is 3.17. The lowest BCUT2D eigenvalue weighted by Gasteiger charge is -2.30. The molecule has 5 nitrogen and oxygen atoms in total. The van der Waals surface area contributed by atoms with Gasteiger partial charge in [0.1, 0.15) is 5.82 Å². The van der Waals surface area contributed by atoms with E-state index in [0.29, 0.717) is 11.5 Å². The largest absolute Gasteiger partial charge is 0.381 e. The Kier molecular flexibility index (Phi) is 5.06. The molecule has 1 saturated heterocycles. The van der Waals surface area contributed by atoms with Crippen LogP contribution in [0.4, 0.5) is 0 Å². The lowest BCUT2D eigenvalue weighted by atomic mass is 9.91. The maximum Gasteiger partial charge on any atom is 0.125 e. The molecule has 1 aromatic heterocycles. The van der Waals surface area contributed by atoms with Crippen molar-refractivity contribution >= 4 is 0 Å². The summed E-state index contributed by atoms with van der Waals surface area (Å²) in [5.41, 5.74) is 1.82. The van der Waals surface area contributed by atoms with Gasteiger partial charge in [-0.3, -0.25) is 0 Å². The zero-order chi connectivity index (χ0) is 16.1. The van der Waals surface area contributed by atoms with Crippen LogP contribution in [0.15, 0.2) is 36.7 Å². The molecule has 1 N–H and O–H groups in total. The highest BCUT2D eigenvalue weighted by molar-refractivity contribution is 5.32. The van der Waals surface area contributed by atoms with Crippen molar-refractivity contribution in [3.63, 3.8) is 0 Å². The van der Waals surface area contributed by atoms with Crippen LogP contribution in [-0.4, -0.2) is 22.8 Å². The Bertz CT molecular complexity index is 682. The second kappa shape index (κ2) is 7.40. The Morgan fingerprint density at radius 2 is 2.26 bits per heavy atom. The first kappa shape index (κ1) is 15.7. The second-order valence-corrected chi connectivity index (χ2v) is 6.02. The molecule has 0 spiro atoms. The van der Waals surface area contributed by atoms with Crippen molar-refractivity contribution in [3.05, 3.63) is 53.6 Å². The fraction of sp³-hybridized carbons (Fsp3) is 0.444. The molecular formula is C18H22N4O. The average Bonchev–Trinajstić information content (AvgIpc) is 3.02. The molecular weight excluding hydrogens is 288 g/mol. The smallest absolute Gasteiger partial charge is 0.125 e. The second-order valence-electron chi connectivity index (χ2n) is 6.02. The number of nitriles is 1. The van der Waals surface area contributed by atoms with Crippen LogP contribution < -0.4 is 5.32 Å². The minimum Gasteiger partial charge on any atom is -0.381 e. The van der Waals surface area contributed by atoms with Gasteiger partial charge in [-0.15, -0.1) is 0 Å². The van der Waals surface area contributed by atoms with E-state index in [1.54, 1.807) is 0 Å². The molecule has 1 aromatic carbocycles. The van der Waals surface area contributed by atoms with E-state index in [1.165, 1.54) is 0 Å². The Balaban J connectivity index is 1.75. The third-order valence-corrected chi connectivity index (χ3v) is 4.46. The quantitative estimate of drug-likeness (QED) is 0.922. The average molecular weight is 310 g/mol. The van der Waals surface area contributed by atoms with E-state index < -0.39 is 0 Å². The number of hydrogen-bond donors (Lipinski definition) is 1. The summed E-state index contributed by atoms with van der Waals surface area (Å²) in [7, 11) is 2.03. The first-order valence-electron chi connectivity index (χ1n) is 8.05. The third kappa shape index (κ3) is 3.79. The summed E-state index contributed by atoms with van der Waals surface area (Å²) < 4.78 is 7.58. The van der Waals surface area contributed by atoms with Crippen molar-refractivity contribution in [1.29, 1.82) is 5.26 Å². The third-order valence-electron chi connectivity index (χ3n) is 4.46. The molecule has 0 saturated carbocycles. The summed E-state index contributed by atoms with van der Waals surface area (Å²) in [5, 5.41) is 12.7. The number of ether oxygens (including phenoxy) is 1. The summed E-state index contributed by atoms with van der Waals surface area (Å²) in [6.07, 6.45) is 5.92. The van der Waals surface area contributed by atoms with Crippen LogP contribution in [0.1, 0.15) is 35.8 Å². The van der Waals surface area contributed by atoms with Crippen LogP contribution >= 0.6 is 0 Å². The molecule has 23 heavy (non-hydrogen) atoms. The summed E-state index contributed by atoms with van der Waals surface area (Å²) in [6, 6.07) is 10.1. The Labute approximate surface area is 136 Å². The van der Waals surface area contributed by atoms with Crippen molar-refractivity contribution in [1.82, 2.24) is 14.9 Å². The lowest BCUT2D eigenvalue weighted by Crippen LogP contribution is -2.33. The molecule has 1 atom stereocenters. The maximum atomic E-state index is 9.03. The molecule has 1 aliphatic rings. The zero-order valence-corrected chi connectivity index (χ0v) is 13.4. The van der Waals surface area contributed by atoms with Crippen LogP contribution in [0.25, 0.3) is 0 Å². The first-order valence-corrected chi connectivity index (χ1v) is 8.05. The van der Waals surface area contributed by atoms with Crippen molar-refractivity contribution in [2.75, 3.05) is 13.2 Å². The van der Waals surface area contributed by atoms with Gasteiger partial charge in [-0.2, -0.15) is 5.26 Å². The molecule has 2 aromatic rings. The SMILES string of the molecule is Cn1ccnc1C(NCc1cccc(C#N)c1)C1CCOCC1. The molecule has 1 fully saturated rings. The highest BCUT2D eigenvalue weighted by Gasteiger charge is 2.27. The number of aryl methyl sites for hydroxylation is 1. The molecule has 1 unspecified atom stereocenters. The van der Waals surface area contributed by atoms with E-state index in [1.807, 2.05) is 43.7 Å². The lowest BCUT2D eigenvalue weighted by molar-refractivity contribution is 0.0518. The van der Waals surface area contributed by atoms with E-state index in [0.717, 1.165) is 44.0 Å². The monoisotopic (exact) mass is 310 g/mol. The van der Waals surface area contributed by atoms with Crippen LogP contribution in [0.2, 0.25) is 0 Å². The van der Waals surface area contributed by atoms with Crippen molar-refractivity contribution in [2.24, 2.45) is 13.0 Å². The van der Waals surface area contributed by atoms with Gasteiger partial charge in [-0.1, -0.05) is 12.1 Å². The first-order chi connectivity index (χ1) is 11.3. The number of nitrogens with one attached hydrogen (secondary N) is 1. The van der Waals surface area contributed by atoms with Crippen molar-refractivity contribution in [2.45, 2.75) is 25.4 Å². The van der Waals surface area contributed by atoms with Gasteiger partial charge >= 0.3 is 0 Å². The number of imidazole rings is 1. The molecule has 0 bridgehead atoms. The predicted octanol–water partition coefficient (Wildman–Crippen LogP) is 2.55. The molecule has 5 heteroatoms. The van der Waals surface area contributed by atoms with Crippen LogP contribution in [0.3, 0.4) is 0 Å². The summed E-state index contributed by atoms with van der Waals surface area (Å²) in [6.45, 7) is 2.36. The molecule has 0 amide bonds. The Hall–Kier alpha value is -2.16. The number of rotatable bonds is 5. The molecule has 120 valence electrons. The van der Waals surface area contributed by atoms with Crippen molar-refractivity contribution < 1.29 is 4.74 Å². The number of nitrogens with zero attached hydrogens (tertiary/aromatic N) is 3. The van der Waals surface area contributed by atoms with Crippen LogP contribution in [-0.2, 0) is 18.3 Å². The van der Waals surface area contributed by atoms with E-state index >= 15 is 0 Å². The number of benzene rings is 1. The molecule has 3 rings (SSSR count). The Morgan fingerprint density at radius 1 is 1.43 bits per heavy atom. The van der Waals surface area contributed by atoms with Crippen LogP contribution in [0.5, 0.6) is 0 Å². The zero-order valence-electron chi connectivity index (χ0n) is 13.4. The standard InChI is InChI=1S/C18H22N4O/c1-22-8-7-20-18(22)17(16-5-9-23-10-6-16)21-13-15-4-2-3-14(11-15)12-19/h2-4,7-8,11,16-17,21H,5-6,9-10,13H2,1H3. The van der Waals surface area contributed by atoms with Crippen LogP contribution in [0, 0.1) is 17.2 Å². The highest BCUT2D eigenvalue weighted by Crippen LogP contribution is 2.29. The maximum absolute atomic E-state index is 9.03. The molecule has 0 radical (unpaired) electrons. The van der Waals surface area contributed by atoms with E-state index in [-0.39, 0.29) is 6.04 Å². The normalized spacial score (nSPS) is 16.9. The molecule has 1 aliphatic heterocycles. The highest BCUT2D eigenvalue weighted by atomic mass is 16.5. The number of aromatic nitrogens is 2. The van der Waals surface area contributed by atoms with Gasteiger partial charge in [0.05, 0.1) is 17.7 Å². The van der Waals surface area contributed by atoms with Gasteiger partial charge in [-0.05, 0) is 36.5 Å². The van der Waals surface area contributed by atoms with Gasteiger partial charge < -0.3 is 14.6 Å². The topological polar surface area (TPSA) is 62.9 Å². The van der Waals surface area contributed by atoms with Gasteiger partial charge in [0.25, 0.3) is 0 Å². The van der Waals surface area contributed by atoms with Gasteiger partial charge in [0, 0.05) is 39.2 Å². The molecule has 2 heterocycles. The Morgan fingerprint density at radius 3 is 2.96 bits per heavy atom. The summed E-state index contributed by atoms with van der Waals surface area (Å²) in [5.74, 6) is 1.58. The summed E-state index contributed by atoms with van der Waals surface area (Å²) >= 11 is 0. The minimum atomic E-state index is 0.199.